The molecule has 1 fully saturated rings. The molecule has 0 spiro atoms. The Labute approximate surface area is 161 Å². The van der Waals surface area contributed by atoms with Gasteiger partial charge in [-0.3, -0.25) is 4.79 Å². The monoisotopic (exact) mass is 415 g/mol. The quantitative estimate of drug-likeness (QED) is 0.629. The molecule has 1 aromatic carbocycles. The van der Waals surface area contributed by atoms with Crippen LogP contribution in [-0.2, 0) is 6.54 Å². The van der Waals surface area contributed by atoms with Crippen molar-refractivity contribution < 1.29 is 9.21 Å². The zero-order valence-electron chi connectivity index (χ0n) is 15.0. The summed E-state index contributed by atoms with van der Waals surface area (Å²) >= 11 is 3.25. The average Bonchev–Trinajstić information content (AvgIpc) is 3.22. The van der Waals surface area contributed by atoms with Crippen molar-refractivity contribution in [3.8, 4) is 0 Å². The number of fused-ring (bicyclic) bond motifs is 1. The molecule has 1 amide bonds. The Morgan fingerprint density at radius 2 is 1.96 bits per heavy atom. The first-order chi connectivity index (χ1) is 12.5. The average molecular weight is 416 g/mol. The number of benzene rings is 1. The molecule has 136 valence electrons. The van der Waals surface area contributed by atoms with Crippen molar-refractivity contribution in [1.29, 1.82) is 0 Å². The number of aryl methyl sites for hydroxylation is 2. The summed E-state index contributed by atoms with van der Waals surface area (Å²) in [5, 5.41) is 0. The third-order valence-corrected chi connectivity index (χ3v) is 5.80. The van der Waals surface area contributed by atoms with Crippen LogP contribution < -0.4 is 0 Å². The van der Waals surface area contributed by atoms with E-state index in [0.717, 1.165) is 38.0 Å². The molecule has 3 aromatic rings. The van der Waals surface area contributed by atoms with E-state index in [-0.39, 0.29) is 5.91 Å². The highest BCUT2D eigenvalue weighted by molar-refractivity contribution is 9.10. The van der Waals surface area contributed by atoms with Gasteiger partial charge < -0.3 is 13.9 Å². The Hall–Kier alpha value is -2.08. The fourth-order valence-corrected chi connectivity index (χ4v) is 3.95. The number of rotatable bonds is 3. The molecule has 4 rings (SSSR count). The van der Waals surface area contributed by atoms with Gasteiger partial charge in [0.15, 0.2) is 10.4 Å². The second kappa shape index (κ2) is 6.91. The Kier molecular flexibility index (Phi) is 4.61. The molecule has 0 radical (unpaired) electrons. The molecule has 5 nitrogen and oxygen atoms in total. The summed E-state index contributed by atoms with van der Waals surface area (Å²) in [6, 6.07) is 7.86. The smallest absolute Gasteiger partial charge is 0.289 e. The van der Waals surface area contributed by atoms with Crippen LogP contribution in [0.4, 0.5) is 0 Å². The van der Waals surface area contributed by atoms with E-state index < -0.39 is 0 Å². The van der Waals surface area contributed by atoms with Crippen molar-refractivity contribution in [1.82, 2.24) is 14.5 Å². The van der Waals surface area contributed by atoms with E-state index in [0.29, 0.717) is 16.3 Å². The highest BCUT2D eigenvalue weighted by Crippen LogP contribution is 2.25. The van der Waals surface area contributed by atoms with Gasteiger partial charge in [0, 0.05) is 19.6 Å². The lowest BCUT2D eigenvalue weighted by molar-refractivity contribution is 0.0650. The fraction of sp³-hybridized carbons (Fsp3) is 0.400. The molecule has 1 saturated heterocycles. The molecule has 0 saturated carbocycles. The maximum Gasteiger partial charge on any atom is 0.289 e. The summed E-state index contributed by atoms with van der Waals surface area (Å²) < 4.78 is 8.24. The standard InChI is InChI=1S/C20H22BrN3O2/c1-13-9-16-17(10-14(13)2)24(12-22-16)11-15-5-7-23(8-6-15)20(25)18-3-4-19(21)26-18/h3-4,9-10,12,15H,5-8,11H2,1-2H3. The first kappa shape index (κ1) is 17.3. The maximum absolute atomic E-state index is 12.5. The van der Waals surface area contributed by atoms with Gasteiger partial charge in [0.2, 0.25) is 0 Å². The molecule has 6 heteroatoms. The van der Waals surface area contributed by atoms with Crippen molar-refractivity contribution in [2.45, 2.75) is 33.2 Å². The zero-order valence-corrected chi connectivity index (χ0v) is 16.6. The number of hydrogen-bond acceptors (Lipinski definition) is 3. The van der Waals surface area contributed by atoms with Crippen LogP contribution in [0.3, 0.4) is 0 Å². The normalized spacial score (nSPS) is 15.7. The summed E-state index contributed by atoms with van der Waals surface area (Å²) in [4.78, 5) is 18.9. The van der Waals surface area contributed by atoms with Crippen molar-refractivity contribution in [2.75, 3.05) is 13.1 Å². The molecule has 1 aliphatic heterocycles. The molecule has 3 heterocycles. The van der Waals surface area contributed by atoms with Crippen molar-refractivity contribution in [3.05, 3.63) is 52.1 Å². The van der Waals surface area contributed by atoms with Gasteiger partial charge in [0.25, 0.3) is 5.91 Å². The second-order valence-electron chi connectivity index (χ2n) is 7.16. The summed E-state index contributed by atoms with van der Waals surface area (Å²) in [7, 11) is 0. The van der Waals surface area contributed by atoms with Gasteiger partial charge in [-0.05, 0) is 83.9 Å². The molecule has 26 heavy (non-hydrogen) atoms. The first-order valence-electron chi connectivity index (χ1n) is 8.98. The van der Waals surface area contributed by atoms with Crippen LogP contribution in [0.1, 0.15) is 34.5 Å². The first-order valence-corrected chi connectivity index (χ1v) is 9.77. The number of hydrogen-bond donors (Lipinski definition) is 0. The van der Waals surface area contributed by atoms with E-state index in [1.165, 1.54) is 16.6 Å². The predicted octanol–water partition coefficient (Wildman–Crippen LogP) is 4.56. The number of nitrogens with zero attached hydrogens (tertiary/aromatic N) is 3. The fourth-order valence-electron chi connectivity index (χ4n) is 3.64. The summed E-state index contributed by atoms with van der Waals surface area (Å²) in [5.41, 5.74) is 4.83. The van der Waals surface area contributed by atoms with Gasteiger partial charge in [0.1, 0.15) is 0 Å². The van der Waals surface area contributed by atoms with Crippen molar-refractivity contribution in [2.24, 2.45) is 5.92 Å². The molecule has 0 N–H and O–H groups in total. The molecule has 0 unspecified atom stereocenters. The molecule has 0 aliphatic carbocycles. The van der Waals surface area contributed by atoms with E-state index >= 15 is 0 Å². The van der Waals surface area contributed by atoms with Gasteiger partial charge in [0.05, 0.1) is 17.4 Å². The van der Waals surface area contributed by atoms with E-state index in [1.807, 2.05) is 11.2 Å². The minimum absolute atomic E-state index is 0.0201. The highest BCUT2D eigenvalue weighted by atomic mass is 79.9. The number of amides is 1. The second-order valence-corrected chi connectivity index (χ2v) is 7.94. The van der Waals surface area contributed by atoms with Gasteiger partial charge in [-0.25, -0.2) is 4.98 Å². The predicted molar refractivity (Wildman–Crippen MR) is 104 cm³/mol. The van der Waals surface area contributed by atoms with Crippen LogP contribution in [0.25, 0.3) is 11.0 Å². The summed E-state index contributed by atoms with van der Waals surface area (Å²) in [5.74, 6) is 0.941. The number of carbonyl (C=O) groups excluding carboxylic acids is 1. The maximum atomic E-state index is 12.5. The van der Waals surface area contributed by atoms with Crippen molar-refractivity contribution in [3.63, 3.8) is 0 Å². The van der Waals surface area contributed by atoms with E-state index in [9.17, 15) is 4.79 Å². The van der Waals surface area contributed by atoms with Crippen LogP contribution in [0, 0.1) is 19.8 Å². The summed E-state index contributed by atoms with van der Waals surface area (Å²) in [6.07, 6.45) is 3.94. The van der Waals surface area contributed by atoms with Crippen LogP contribution in [0.5, 0.6) is 0 Å². The number of furan rings is 1. The number of halogens is 1. The minimum Gasteiger partial charge on any atom is -0.444 e. The van der Waals surface area contributed by atoms with Gasteiger partial charge in [-0.1, -0.05) is 0 Å². The Bertz CT molecular complexity index is 951. The Morgan fingerprint density at radius 1 is 1.23 bits per heavy atom. The molecule has 2 aromatic heterocycles. The van der Waals surface area contributed by atoms with E-state index in [1.54, 1.807) is 12.1 Å². The topological polar surface area (TPSA) is 51.3 Å². The molecule has 0 bridgehead atoms. The zero-order chi connectivity index (χ0) is 18.3. The van der Waals surface area contributed by atoms with Gasteiger partial charge >= 0.3 is 0 Å². The van der Waals surface area contributed by atoms with Crippen LogP contribution in [-0.4, -0.2) is 33.4 Å². The third-order valence-electron chi connectivity index (χ3n) is 5.38. The number of carbonyl (C=O) groups is 1. The molecular weight excluding hydrogens is 394 g/mol. The van der Waals surface area contributed by atoms with Gasteiger partial charge in [-0.15, -0.1) is 0 Å². The lowest BCUT2D eigenvalue weighted by atomic mass is 9.96. The van der Waals surface area contributed by atoms with Crippen LogP contribution >= 0.6 is 15.9 Å². The van der Waals surface area contributed by atoms with Crippen molar-refractivity contribution >= 4 is 32.9 Å². The molecular formula is C20H22BrN3O2. The van der Waals surface area contributed by atoms with E-state index in [2.05, 4.69) is 51.5 Å². The Morgan fingerprint density at radius 3 is 2.65 bits per heavy atom. The Balaban J connectivity index is 1.41. The van der Waals surface area contributed by atoms with Crippen LogP contribution in [0.15, 0.2) is 39.7 Å². The highest BCUT2D eigenvalue weighted by Gasteiger charge is 2.25. The number of likely N-dealkylation sites (tertiary alicyclic amines) is 1. The van der Waals surface area contributed by atoms with Crippen LogP contribution in [0.2, 0.25) is 0 Å². The third kappa shape index (κ3) is 3.30. The number of imidazole rings is 1. The van der Waals surface area contributed by atoms with Gasteiger partial charge in [-0.2, -0.15) is 0 Å². The number of piperidine rings is 1. The minimum atomic E-state index is -0.0201. The number of aromatic nitrogens is 2. The summed E-state index contributed by atoms with van der Waals surface area (Å²) in [6.45, 7) is 6.76. The molecule has 0 atom stereocenters. The largest absolute Gasteiger partial charge is 0.444 e. The molecule has 1 aliphatic rings. The van der Waals surface area contributed by atoms with E-state index in [4.69, 9.17) is 4.42 Å². The SMILES string of the molecule is Cc1cc2ncn(CC3CCN(C(=O)c4ccc(Br)o4)CC3)c2cc1C. The lowest BCUT2D eigenvalue weighted by Gasteiger charge is -2.31. The lowest BCUT2D eigenvalue weighted by Crippen LogP contribution is -2.39.